The first-order valence-corrected chi connectivity index (χ1v) is 6.74. The molecule has 0 atom stereocenters. The quantitative estimate of drug-likeness (QED) is 0.869. The summed E-state index contributed by atoms with van der Waals surface area (Å²) in [6.07, 6.45) is 0. The number of aromatic nitrogens is 1. The minimum absolute atomic E-state index is 0.152. The van der Waals surface area contributed by atoms with Crippen LogP contribution in [0.15, 0.2) is 35.0 Å². The number of hydrogen-bond donors (Lipinski definition) is 2. The van der Waals surface area contributed by atoms with Crippen molar-refractivity contribution in [3.8, 4) is 0 Å². The Morgan fingerprint density at radius 3 is 3.00 bits per heavy atom. The number of amides is 1. The summed E-state index contributed by atoms with van der Waals surface area (Å²) in [5, 5.41) is 9.94. The third kappa shape index (κ3) is 3.30. The molecular weight excluding hydrogens is 246 g/mol. The van der Waals surface area contributed by atoms with E-state index >= 15 is 0 Å². The van der Waals surface area contributed by atoms with Crippen molar-refractivity contribution in [1.29, 1.82) is 0 Å². The van der Waals surface area contributed by atoms with Crippen LogP contribution in [0.4, 0.5) is 5.82 Å². The van der Waals surface area contributed by atoms with Crippen LogP contribution in [-0.2, 0) is 6.54 Å². The predicted octanol–water partition coefficient (Wildman–Crippen LogP) is 2.50. The number of hydrogen-bond acceptors (Lipinski definition) is 4. The number of thiophene rings is 1. The van der Waals surface area contributed by atoms with Crippen LogP contribution < -0.4 is 10.6 Å². The van der Waals surface area contributed by atoms with Gasteiger partial charge in [-0.1, -0.05) is 6.07 Å². The molecule has 2 N–H and O–H groups in total. The summed E-state index contributed by atoms with van der Waals surface area (Å²) < 4.78 is 0. The topological polar surface area (TPSA) is 54.0 Å². The molecule has 2 aromatic heterocycles. The van der Waals surface area contributed by atoms with E-state index in [-0.39, 0.29) is 5.91 Å². The number of rotatable bonds is 5. The SMILES string of the molecule is CCNc1cccc(C(=O)NCc2ccsc2)n1. The van der Waals surface area contributed by atoms with Gasteiger partial charge in [0, 0.05) is 13.1 Å². The number of pyridine rings is 1. The van der Waals surface area contributed by atoms with Crippen LogP contribution in [0.1, 0.15) is 23.0 Å². The zero-order chi connectivity index (χ0) is 12.8. The van der Waals surface area contributed by atoms with Gasteiger partial charge in [0.05, 0.1) is 0 Å². The lowest BCUT2D eigenvalue weighted by Gasteiger charge is -2.06. The Morgan fingerprint density at radius 2 is 2.28 bits per heavy atom. The molecule has 0 aliphatic heterocycles. The van der Waals surface area contributed by atoms with E-state index in [1.54, 1.807) is 17.4 Å². The van der Waals surface area contributed by atoms with Crippen LogP contribution in [0.5, 0.6) is 0 Å². The average molecular weight is 261 g/mol. The Hall–Kier alpha value is -1.88. The number of carbonyl (C=O) groups is 1. The number of carbonyl (C=O) groups excluding carboxylic acids is 1. The minimum atomic E-state index is -0.152. The second-order valence-corrected chi connectivity index (χ2v) is 4.53. The molecule has 0 fully saturated rings. The molecule has 2 aromatic rings. The zero-order valence-electron chi connectivity index (χ0n) is 10.1. The average Bonchev–Trinajstić information content (AvgIpc) is 2.90. The van der Waals surface area contributed by atoms with Gasteiger partial charge in [-0.3, -0.25) is 4.79 Å². The lowest BCUT2D eigenvalue weighted by atomic mass is 10.3. The standard InChI is InChI=1S/C13H15N3OS/c1-2-14-12-5-3-4-11(16-12)13(17)15-8-10-6-7-18-9-10/h3-7,9H,2,8H2,1H3,(H,14,16)(H,15,17). The lowest BCUT2D eigenvalue weighted by molar-refractivity contribution is 0.0946. The van der Waals surface area contributed by atoms with Crippen LogP contribution in [0.3, 0.4) is 0 Å². The van der Waals surface area contributed by atoms with Gasteiger partial charge in [-0.25, -0.2) is 4.98 Å². The fraction of sp³-hybridized carbons (Fsp3) is 0.231. The normalized spacial score (nSPS) is 10.1. The van der Waals surface area contributed by atoms with E-state index in [4.69, 9.17) is 0 Å². The monoisotopic (exact) mass is 261 g/mol. The second-order valence-electron chi connectivity index (χ2n) is 3.75. The smallest absolute Gasteiger partial charge is 0.270 e. The highest BCUT2D eigenvalue weighted by Crippen LogP contribution is 2.07. The molecule has 0 spiro atoms. The Labute approximate surface area is 110 Å². The van der Waals surface area contributed by atoms with Crippen LogP contribution in [-0.4, -0.2) is 17.4 Å². The van der Waals surface area contributed by atoms with E-state index in [1.165, 1.54) is 0 Å². The van der Waals surface area contributed by atoms with Crippen LogP contribution in [0.25, 0.3) is 0 Å². The fourth-order valence-electron chi connectivity index (χ4n) is 1.51. The summed E-state index contributed by atoms with van der Waals surface area (Å²) in [7, 11) is 0. The molecule has 0 unspecified atom stereocenters. The van der Waals surface area contributed by atoms with E-state index in [1.807, 2.05) is 35.9 Å². The molecule has 1 amide bonds. The molecule has 0 aromatic carbocycles. The first-order chi connectivity index (χ1) is 8.79. The second kappa shape index (κ2) is 6.16. The highest BCUT2D eigenvalue weighted by Gasteiger charge is 2.07. The van der Waals surface area contributed by atoms with E-state index in [9.17, 15) is 4.79 Å². The maximum atomic E-state index is 11.9. The van der Waals surface area contributed by atoms with Crippen molar-refractivity contribution in [3.05, 3.63) is 46.3 Å². The molecule has 0 aliphatic carbocycles. The van der Waals surface area contributed by atoms with Gasteiger partial charge >= 0.3 is 0 Å². The van der Waals surface area contributed by atoms with Crippen LogP contribution in [0.2, 0.25) is 0 Å². The molecule has 4 nitrogen and oxygen atoms in total. The third-order valence-corrected chi connectivity index (χ3v) is 3.10. The van der Waals surface area contributed by atoms with Gasteiger partial charge < -0.3 is 10.6 Å². The maximum absolute atomic E-state index is 11.9. The van der Waals surface area contributed by atoms with Crippen LogP contribution >= 0.6 is 11.3 Å². The highest BCUT2D eigenvalue weighted by atomic mass is 32.1. The molecule has 0 aliphatic rings. The molecule has 94 valence electrons. The molecule has 0 bridgehead atoms. The molecule has 5 heteroatoms. The van der Waals surface area contributed by atoms with Gasteiger partial charge in [-0.05, 0) is 41.4 Å². The van der Waals surface area contributed by atoms with Crippen molar-refractivity contribution in [2.75, 3.05) is 11.9 Å². The third-order valence-electron chi connectivity index (χ3n) is 2.37. The van der Waals surface area contributed by atoms with Crippen molar-refractivity contribution >= 4 is 23.1 Å². The minimum Gasteiger partial charge on any atom is -0.370 e. The van der Waals surface area contributed by atoms with Crippen molar-refractivity contribution in [2.45, 2.75) is 13.5 Å². The summed E-state index contributed by atoms with van der Waals surface area (Å²) in [4.78, 5) is 16.1. The fourth-order valence-corrected chi connectivity index (χ4v) is 2.18. The van der Waals surface area contributed by atoms with E-state index in [0.29, 0.717) is 12.2 Å². The van der Waals surface area contributed by atoms with Crippen molar-refractivity contribution in [2.24, 2.45) is 0 Å². The van der Waals surface area contributed by atoms with E-state index in [2.05, 4.69) is 15.6 Å². The van der Waals surface area contributed by atoms with Crippen molar-refractivity contribution in [3.63, 3.8) is 0 Å². The Bertz CT molecular complexity index is 511. The number of nitrogens with one attached hydrogen (secondary N) is 2. The summed E-state index contributed by atoms with van der Waals surface area (Å²) in [6.45, 7) is 3.31. The highest BCUT2D eigenvalue weighted by molar-refractivity contribution is 7.07. The molecule has 2 rings (SSSR count). The Balaban J connectivity index is 1.97. The zero-order valence-corrected chi connectivity index (χ0v) is 11.0. The molecule has 0 saturated heterocycles. The molecule has 18 heavy (non-hydrogen) atoms. The molecule has 0 saturated carbocycles. The number of anilines is 1. The van der Waals surface area contributed by atoms with Crippen LogP contribution in [0, 0.1) is 0 Å². The summed E-state index contributed by atoms with van der Waals surface area (Å²) >= 11 is 1.62. The van der Waals surface area contributed by atoms with Gasteiger partial charge in [0.2, 0.25) is 0 Å². The number of nitrogens with zero attached hydrogens (tertiary/aromatic N) is 1. The molecule has 0 radical (unpaired) electrons. The largest absolute Gasteiger partial charge is 0.370 e. The Morgan fingerprint density at radius 1 is 1.39 bits per heavy atom. The van der Waals surface area contributed by atoms with Gasteiger partial charge in [0.25, 0.3) is 5.91 Å². The Kier molecular flexibility index (Phi) is 4.30. The lowest BCUT2D eigenvalue weighted by Crippen LogP contribution is -2.23. The van der Waals surface area contributed by atoms with Gasteiger partial charge in [-0.2, -0.15) is 11.3 Å². The summed E-state index contributed by atoms with van der Waals surface area (Å²) in [6, 6.07) is 7.38. The van der Waals surface area contributed by atoms with Crippen molar-refractivity contribution in [1.82, 2.24) is 10.3 Å². The van der Waals surface area contributed by atoms with E-state index < -0.39 is 0 Å². The predicted molar refractivity (Wildman–Crippen MR) is 73.9 cm³/mol. The van der Waals surface area contributed by atoms with E-state index in [0.717, 1.165) is 17.9 Å². The summed E-state index contributed by atoms with van der Waals surface area (Å²) in [5.41, 5.74) is 1.54. The van der Waals surface area contributed by atoms with Crippen molar-refractivity contribution < 1.29 is 4.79 Å². The summed E-state index contributed by atoms with van der Waals surface area (Å²) in [5.74, 6) is 0.571. The van der Waals surface area contributed by atoms with Gasteiger partial charge in [0.1, 0.15) is 11.5 Å². The first kappa shape index (κ1) is 12.6. The molecule has 2 heterocycles. The van der Waals surface area contributed by atoms with Gasteiger partial charge in [-0.15, -0.1) is 0 Å². The van der Waals surface area contributed by atoms with Gasteiger partial charge in [0.15, 0.2) is 0 Å². The maximum Gasteiger partial charge on any atom is 0.270 e. The first-order valence-electron chi connectivity index (χ1n) is 5.80. The molecular formula is C13H15N3OS.